The molecule has 0 bridgehead atoms. The maximum atomic E-state index is 11.3. The molecule has 0 heterocycles. The number of carbonyl (C=O) groups is 1. The Labute approximate surface area is 108 Å². The van der Waals surface area contributed by atoms with Crippen molar-refractivity contribution < 1.29 is 18.6 Å². The van der Waals surface area contributed by atoms with Gasteiger partial charge in [0.1, 0.15) is 5.76 Å². The van der Waals surface area contributed by atoms with Crippen molar-refractivity contribution in [2.75, 3.05) is 13.7 Å². The molecular formula is C10H20NO4PS. The van der Waals surface area contributed by atoms with Crippen molar-refractivity contribution in [3.05, 3.63) is 11.8 Å². The van der Waals surface area contributed by atoms with Crippen LogP contribution in [0.4, 0.5) is 0 Å². The highest BCUT2D eigenvalue weighted by Crippen LogP contribution is 2.44. The number of carbonyl (C=O) groups excluding carboxylic acids is 1. The predicted octanol–water partition coefficient (Wildman–Crippen LogP) is 2.34. The lowest BCUT2D eigenvalue weighted by Crippen LogP contribution is -2.13. The standard InChI is InChI=1S/C10H20NO4PS/c1-6-11-16(17,13-5)15-9(4)7-10(12)14-8(2)3/h7-8H,6H2,1-5H3,(H,11,17)/b9-7-. The van der Waals surface area contributed by atoms with Crippen LogP contribution in [0.2, 0.25) is 0 Å². The van der Waals surface area contributed by atoms with Gasteiger partial charge in [-0.2, -0.15) is 0 Å². The zero-order chi connectivity index (χ0) is 13.5. The fourth-order valence-electron chi connectivity index (χ4n) is 0.976. The molecule has 0 aliphatic heterocycles. The van der Waals surface area contributed by atoms with Crippen molar-refractivity contribution in [1.29, 1.82) is 0 Å². The summed E-state index contributed by atoms with van der Waals surface area (Å²) in [6, 6.07) is 0. The molecule has 0 spiro atoms. The van der Waals surface area contributed by atoms with Gasteiger partial charge in [0.15, 0.2) is 0 Å². The summed E-state index contributed by atoms with van der Waals surface area (Å²) in [6.07, 6.45) is 1.10. The van der Waals surface area contributed by atoms with Gasteiger partial charge in [-0.3, -0.25) is 0 Å². The van der Waals surface area contributed by atoms with E-state index < -0.39 is 12.6 Å². The maximum absolute atomic E-state index is 11.3. The van der Waals surface area contributed by atoms with Crippen LogP contribution in [0, 0.1) is 0 Å². The molecule has 0 aliphatic carbocycles. The van der Waals surface area contributed by atoms with Crippen molar-refractivity contribution in [3.8, 4) is 0 Å². The third-order valence-corrected chi connectivity index (χ3v) is 4.30. The highest BCUT2D eigenvalue weighted by atomic mass is 32.5. The Bertz CT molecular complexity index is 330. The van der Waals surface area contributed by atoms with Crippen LogP contribution in [0.25, 0.3) is 0 Å². The molecule has 1 unspecified atom stereocenters. The van der Waals surface area contributed by atoms with Crippen LogP contribution in [0.15, 0.2) is 11.8 Å². The minimum Gasteiger partial charge on any atom is -0.460 e. The highest BCUT2D eigenvalue weighted by molar-refractivity contribution is 8.09. The minimum absolute atomic E-state index is 0.161. The van der Waals surface area contributed by atoms with E-state index in [-0.39, 0.29) is 6.10 Å². The molecule has 0 aromatic rings. The SMILES string of the molecule is CCNP(=S)(OC)O/C(C)=C\C(=O)OC(C)C. The first-order valence-corrected chi connectivity index (χ1v) is 7.96. The quantitative estimate of drug-likeness (QED) is 0.334. The minimum atomic E-state index is -2.54. The van der Waals surface area contributed by atoms with Crippen molar-refractivity contribution in [2.45, 2.75) is 33.8 Å². The van der Waals surface area contributed by atoms with Gasteiger partial charge in [-0.25, -0.2) is 9.88 Å². The fraction of sp³-hybridized carbons (Fsp3) is 0.700. The van der Waals surface area contributed by atoms with Crippen molar-refractivity contribution >= 4 is 24.4 Å². The van der Waals surface area contributed by atoms with Gasteiger partial charge in [0.25, 0.3) is 0 Å². The van der Waals surface area contributed by atoms with E-state index in [9.17, 15) is 4.79 Å². The van der Waals surface area contributed by atoms with Crippen LogP contribution >= 0.6 is 6.64 Å². The summed E-state index contributed by atoms with van der Waals surface area (Å²) in [5.41, 5.74) is 0. The number of hydrogen-bond acceptors (Lipinski definition) is 5. The van der Waals surface area contributed by atoms with Gasteiger partial charge in [0, 0.05) is 13.7 Å². The molecule has 0 aliphatic rings. The Hall–Kier alpha value is -0.420. The molecule has 17 heavy (non-hydrogen) atoms. The lowest BCUT2D eigenvalue weighted by atomic mass is 10.4. The van der Waals surface area contributed by atoms with Gasteiger partial charge in [-0.15, -0.1) is 0 Å². The summed E-state index contributed by atoms with van der Waals surface area (Å²) in [5, 5.41) is 2.94. The molecule has 100 valence electrons. The summed E-state index contributed by atoms with van der Waals surface area (Å²) in [7, 11) is 1.48. The summed E-state index contributed by atoms with van der Waals surface area (Å²) in [6.45, 7) is 5.19. The van der Waals surface area contributed by atoms with E-state index in [1.165, 1.54) is 13.2 Å². The molecule has 0 radical (unpaired) electrons. The van der Waals surface area contributed by atoms with Gasteiger partial charge < -0.3 is 13.8 Å². The summed E-state index contributed by atoms with van der Waals surface area (Å²) >= 11 is 5.18. The first-order valence-electron chi connectivity index (χ1n) is 5.32. The van der Waals surface area contributed by atoms with Crippen molar-refractivity contribution in [2.24, 2.45) is 0 Å². The molecule has 0 aromatic heterocycles. The molecule has 7 heteroatoms. The van der Waals surface area contributed by atoms with Crippen LogP contribution in [0.5, 0.6) is 0 Å². The highest BCUT2D eigenvalue weighted by Gasteiger charge is 2.17. The zero-order valence-electron chi connectivity index (χ0n) is 10.9. The van der Waals surface area contributed by atoms with E-state index in [1.54, 1.807) is 20.8 Å². The average molecular weight is 281 g/mol. The largest absolute Gasteiger partial charge is 0.460 e. The lowest BCUT2D eigenvalue weighted by molar-refractivity contribution is -0.141. The van der Waals surface area contributed by atoms with E-state index in [1.807, 2.05) is 6.92 Å². The van der Waals surface area contributed by atoms with Crippen LogP contribution < -0.4 is 5.09 Å². The number of ether oxygens (including phenoxy) is 1. The van der Waals surface area contributed by atoms with E-state index in [0.717, 1.165) is 0 Å². The van der Waals surface area contributed by atoms with Crippen LogP contribution in [0.1, 0.15) is 27.7 Å². The summed E-state index contributed by atoms with van der Waals surface area (Å²) in [5.74, 6) is -0.0755. The Balaban J connectivity index is 4.50. The summed E-state index contributed by atoms with van der Waals surface area (Å²) in [4.78, 5) is 11.3. The third-order valence-electron chi connectivity index (χ3n) is 1.53. The van der Waals surface area contributed by atoms with Gasteiger partial charge in [0.2, 0.25) is 0 Å². The molecule has 0 saturated heterocycles. The summed E-state index contributed by atoms with van der Waals surface area (Å²) < 4.78 is 15.5. The number of allylic oxidation sites excluding steroid dienone is 1. The number of esters is 1. The van der Waals surface area contributed by atoms with E-state index in [0.29, 0.717) is 12.3 Å². The van der Waals surface area contributed by atoms with Gasteiger partial charge in [0.05, 0.1) is 12.2 Å². The molecule has 0 rings (SSSR count). The average Bonchev–Trinajstić information content (AvgIpc) is 2.15. The molecule has 0 fully saturated rings. The Morgan fingerprint density at radius 2 is 2.12 bits per heavy atom. The Kier molecular flexibility index (Phi) is 7.63. The van der Waals surface area contributed by atoms with Crippen molar-refractivity contribution in [3.63, 3.8) is 0 Å². The van der Waals surface area contributed by atoms with Gasteiger partial charge in [-0.05, 0) is 32.6 Å². The van der Waals surface area contributed by atoms with E-state index >= 15 is 0 Å². The van der Waals surface area contributed by atoms with Crippen LogP contribution in [0.3, 0.4) is 0 Å². The molecule has 0 amide bonds. The number of nitrogens with one attached hydrogen (secondary N) is 1. The van der Waals surface area contributed by atoms with E-state index in [2.05, 4.69) is 5.09 Å². The Morgan fingerprint density at radius 1 is 1.53 bits per heavy atom. The monoisotopic (exact) mass is 281 g/mol. The van der Waals surface area contributed by atoms with Gasteiger partial charge in [-0.1, -0.05) is 6.92 Å². The molecule has 0 aromatic carbocycles. The molecule has 5 nitrogen and oxygen atoms in total. The molecule has 0 saturated carbocycles. The van der Waals surface area contributed by atoms with E-state index in [4.69, 9.17) is 25.6 Å². The molecular weight excluding hydrogens is 261 g/mol. The second-order valence-corrected chi connectivity index (χ2v) is 6.82. The fourth-order valence-corrected chi connectivity index (χ4v) is 2.80. The van der Waals surface area contributed by atoms with Gasteiger partial charge >= 0.3 is 12.6 Å². The topological polar surface area (TPSA) is 56.8 Å². The second kappa shape index (κ2) is 7.82. The molecule has 1 N–H and O–H groups in total. The van der Waals surface area contributed by atoms with Crippen LogP contribution in [-0.4, -0.2) is 25.7 Å². The smallest absolute Gasteiger partial charge is 0.334 e. The first-order chi connectivity index (χ1) is 7.83. The normalized spacial score (nSPS) is 15.5. The second-order valence-electron chi connectivity index (χ2n) is 3.52. The number of rotatable bonds is 7. The molecule has 1 atom stereocenters. The third kappa shape index (κ3) is 7.49. The lowest BCUT2D eigenvalue weighted by Gasteiger charge is -2.21. The number of hydrogen-bond donors (Lipinski definition) is 1. The van der Waals surface area contributed by atoms with Crippen LogP contribution in [-0.2, 0) is 30.4 Å². The zero-order valence-corrected chi connectivity index (χ0v) is 12.6. The predicted molar refractivity (Wildman–Crippen MR) is 71.0 cm³/mol. The first kappa shape index (κ1) is 16.6. The maximum Gasteiger partial charge on any atom is 0.334 e. The Morgan fingerprint density at radius 3 is 2.53 bits per heavy atom. The van der Waals surface area contributed by atoms with Crippen molar-refractivity contribution in [1.82, 2.24) is 5.09 Å².